The van der Waals surface area contributed by atoms with Crippen LogP contribution in [0.1, 0.15) is 32.8 Å². The van der Waals surface area contributed by atoms with Crippen LogP contribution in [0.2, 0.25) is 0 Å². The number of nitriles is 1. The molecule has 4 rings (SSSR count). The molecule has 3 aromatic rings. The van der Waals surface area contributed by atoms with Crippen molar-refractivity contribution in [2.45, 2.75) is 51.4 Å². The van der Waals surface area contributed by atoms with Gasteiger partial charge in [0, 0.05) is 44.6 Å². The predicted octanol–water partition coefficient (Wildman–Crippen LogP) is 2.17. The number of aryl methyl sites for hydroxylation is 1. The number of hydrogen-bond acceptors (Lipinski definition) is 9. The largest absolute Gasteiger partial charge is 0.444 e. The minimum Gasteiger partial charge on any atom is -0.444 e. The number of aromatic nitrogens is 3. The maximum absolute atomic E-state index is 12.9. The second-order valence-electron chi connectivity index (χ2n) is 10.1. The summed E-state index contributed by atoms with van der Waals surface area (Å²) in [7, 11) is 1.62. The molecule has 1 aliphatic heterocycles. The van der Waals surface area contributed by atoms with Crippen molar-refractivity contribution in [3.05, 3.63) is 46.7 Å². The number of ether oxygens (including phenoxy) is 2. The third kappa shape index (κ3) is 6.36. The summed E-state index contributed by atoms with van der Waals surface area (Å²) in [6.07, 6.45) is 2.49. The van der Waals surface area contributed by atoms with Gasteiger partial charge in [0.1, 0.15) is 11.6 Å². The number of fused-ring (bicyclic) bond motifs is 1. The summed E-state index contributed by atoms with van der Waals surface area (Å²) in [5, 5.41) is 12.3. The molecule has 3 heterocycles. The molecule has 1 aliphatic rings. The van der Waals surface area contributed by atoms with Gasteiger partial charge < -0.3 is 24.1 Å². The molecule has 200 valence electrons. The highest BCUT2D eigenvalue weighted by atomic mass is 16.6. The van der Waals surface area contributed by atoms with E-state index in [9.17, 15) is 19.6 Å². The number of rotatable bonds is 5. The van der Waals surface area contributed by atoms with E-state index in [1.807, 2.05) is 0 Å². The number of oxazole rings is 1. The van der Waals surface area contributed by atoms with Crippen LogP contribution in [-0.4, -0.2) is 68.9 Å². The Morgan fingerprint density at radius 3 is 2.71 bits per heavy atom. The van der Waals surface area contributed by atoms with Gasteiger partial charge in [-0.1, -0.05) is 0 Å². The molecule has 2 amide bonds. The van der Waals surface area contributed by atoms with E-state index in [0.29, 0.717) is 47.6 Å². The molecule has 12 heteroatoms. The number of nitrogens with zero attached hydrogens (tertiary/aromatic N) is 5. The first-order valence-corrected chi connectivity index (χ1v) is 12.2. The highest BCUT2D eigenvalue weighted by Gasteiger charge is 2.31. The fraction of sp³-hybridized carbons (Fsp3) is 0.462. The van der Waals surface area contributed by atoms with Gasteiger partial charge in [-0.25, -0.2) is 19.6 Å². The number of amides is 2. The number of hydrogen-bond donors (Lipinski definition) is 1. The molecule has 0 saturated carbocycles. The first-order chi connectivity index (χ1) is 18.0. The monoisotopic (exact) mass is 522 g/mol. The normalized spacial score (nSPS) is 16.9. The van der Waals surface area contributed by atoms with Crippen LogP contribution in [0.4, 0.5) is 4.79 Å². The van der Waals surface area contributed by atoms with E-state index in [4.69, 9.17) is 13.9 Å². The standard InChI is InChI=1S/C26H30N6O6/c1-26(2,3)38-25(35)32-8-5-9-36-21(15-32)23(33)30-18(12-27)10-16-13-28-22(29-14-16)17-6-7-20-19(11-17)31(4)24(34)37-20/h6-7,11,13-14,18,21H,5,8-10,15H2,1-4H3,(H,30,33)/t18-,21-/m0/s1. The molecule has 0 bridgehead atoms. The topological polar surface area (TPSA) is 153 Å². The second-order valence-corrected chi connectivity index (χ2v) is 10.1. The van der Waals surface area contributed by atoms with Crippen molar-refractivity contribution < 1.29 is 23.5 Å². The zero-order valence-electron chi connectivity index (χ0n) is 21.8. The van der Waals surface area contributed by atoms with Crippen molar-refractivity contribution in [2.75, 3.05) is 19.7 Å². The minimum absolute atomic E-state index is 0.0311. The molecule has 2 aromatic heterocycles. The minimum atomic E-state index is -0.923. The smallest absolute Gasteiger partial charge is 0.419 e. The van der Waals surface area contributed by atoms with Crippen LogP contribution in [-0.2, 0) is 27.7 Å². The average molecular weight is 523 g/mol. The summed E-state index contributed by atoms with van der Waals surface area (Å²) in [5.74, 6) is -0.496. The Hall–Kier alpha value is -4.24. The van der Waals surface area contributed by atoms with E-state index in [1.54, 1.807) is 58.4 Å². The first-order valence-electron chi connectivity index (χ1n) is 12.2. The summed E-state index contributed by atoms with van der Waals surface area (Å²) in [5.41, 5.74) is 1.78. The van der Waals surface area contributed by atoms with Gasteiger partial charge in [0.25, 0.3) is 5.91 Å². The highest BCUT2D eigenvalue weighted by molar-refractivity contribution is 5.82. The van der Waals surface area contributed by atoms with Gasteiger partial charge in [0.15, 0.2) is 17.5 Å². The van der Waals surface area contributed by atoms with Crippen LogP contribution < -0.4 is 11.1 Å². The molecule has 0 radical (unpaired) electrons. The molecule has 0 aliphatic carbocycles. The van der Waals surface area contributed by atoms with Crippen LogP contribution >= 0.6 is 0 Å². The van der Waals surface area contributed by atoms with Gasteiger partial charge in [-0.3, -0.25) is 9.36 Å². The quantitative estimate of drug-likeness (QED) is 0.531. The first kappa shape index (κ1) is 26.8. The molecule has 0 unspecified atom stereocenters. The van der Waals surface area contributed by atoms with Crippen LogP contribution in [0.5, 0.6) is 0 Å². The third-order valence-electron chi connectivity index (χ3n) is 5.89. The zero-order chi connectivity index (χ0) is 27.4. The van der Waals surface area contributed by atoms with Gasteiger partial charge in [-0.15, -0.1) is 0 Å². The van der Waals surface area contributed by atoms with Crippen molar-refractivity contribution in [2.24, 2.45) is 7.05 Å². The molecule has 1 aromatic carbocycles. The van der Waals surface area contributed by atoms with E-state index in [0.717, 1.165) is 0 Å². The van der Waals surface area contributed by atoms with Crippen LogP contribution in [0, 0.1) is 11.3 Å². The van der Waals surface area contributed by atoms with Crippen molar-refractivity contribution in [3.8, 4) is 17.5 Å². The summed E-state index contributed by atoms with van der Waals surface area (Å²) in [6.45, 7) is 6.08. The Kier molecular flexibility index (Phi) is 7.78. The molecule has 2 atom stereocenters. The van der Waals surface area contributed by atoms with E-state index in [2.05, 4.69) is 21.4 Å². The van der Waals surface area contributed by atoms with Crippen LogP contribution in [0.25, 0.3) is 22.5 Å². The highest BCUT2D eigenvalue weighted by Crippen LogP contribution is 2.21. The molecule has 1 fully saturated rings. The SMILES string of the molecule is Cn1c(=O)oc2ccc(-c3ncc(C[C@@H](C#N)NC(=O)[C@@H]4CN(C(=O)OC(C)(C)C)CCCO4)cn3)cc21. The van der Waals surface area contributed by atoms with Crippen LogP contribution in [0.3, 0.4) is 0 Å². The van der Waals surface area contributed by atoms with Crippen molar-refractivity contribution in [1.82, 2.24) is 24.8 Å². The lowest BCUT2D eigenvalue weighted by Crippen LogP contribution is -2.48. The Morgan fingerprint density at radius 2 is 2.03 bits per heavy atom. The summed E-state index contributed by atoms with van der Waals surface area (Å²) >= 11 is 0. The Bertz CT molecular complexity index is 1420. The molecule has 38 heavy (non-hydrogen) atoms. The fourth-order valence-electron chi connectivity index (χ4n) is 3.98. The van der Waals surface area contributed by atoms with Crippen molar-refractivity contribution in [1.29, 1.82) is 5.26 Å². The molecule has 12 nitrogen and oxygen atoms in total. The number of carbonyl (C=O) groups excluding carboxylic acids is 2. The molecular weight excluding hydrogens is 492 g/mol. The van der Waals surface area contributed by atoms with Gasteiger partial charge >= 0.3 is 11.8 Å². The number of benzene rings is 1. The van der Waals surface area contributed by atoms with Crippen molar-refractivity contribution >= 4 is 23.1 Å². The average Bonchev–Trinajstić information content (AvgIpc) is 3.03. The van der Waals surface area contributed by atoms with E-state index in [1.165, 1.54) is 9.47 Å². The zero-order valence-corrected chi connectivity index (χ0v) is 21.8. The van der Waals surface area contributed by atoms with E-state index >= 15 is 0 Å². The van der Waals surface area contributed by atoms with Gasteiger partial charge in [-0.2, -0.15) is 5.26 Å². The van der Waals surface area contributed by atoms with E-state index in [-0.39, 0.29) is 13.0 Å². The Balaban J connectivity index is 1.39. The lowest BCUT2D eigenvalue weighted by Gasteiger charge is -2.27. The number of carbonyl (C=O) groups is 2. The summed E-state index contributed by atoms with van der Waals surface area (Å²) < 4.78 is 17.6. The Labute approximate surface area is 219 Å². The summed E-state index contributed by atoms with van der Waals surface area (Å²) in [6, 6.07) is 6.44. The van der Waals surface area contributed by atoms with Crippen molar-refractivity contribution in [3.63, 3.8) is 0 Å². The Morgan fingerprint density at radius 1 is 1.29 bits per heavy atom. The molecule has 0 spiro atoms. The maximum atomic E-state index is 12.9. The molecular formula is C26H30N6O6. The van der Waals surface area contributed by atoms with E-state index < -0.39 is 35.5 Å². The predicted molar refractivity (Wildman–Crippen MR) is 136 cm³/mol. The van der Waals surface area contributed by atoms with Gasteiger partial charge in [0.2, 0.25) is 0 Å². The van der Waals surface area contributed by atoms with Crippen LogP contribution in [0.15, 0.2) is 39.8 Å². The van der Waals surface area contributed by atoms with Gasteiger partial charge in [0.05, 0.1) is 18.1 Å². The lowest BCUT2D eigenvalue weighted by atomic mass is 10.1. The fourth-order valence-corrected chi connectivity index (χ4v) is 3.98. The molecule has 1 saturated heterocycles. The third-order valence-corrected chi connectivity index (χ3v) is 5.89. The number of nitrogens with one attached hydrogen (secondary N) is 1. The second kappa shape index (κ2) is 11.0. The lowest BCUT2D eigenvalue weighted by molar-refractivity contribution is -0.133. The maximum Gasteiger partial charge on any atom is 0.419 e. The molecule has 1 N–H and O–H groups in total. The summed E-state index contributed by atoms with van der Waals surface area (Å²) in [4.78, 5) is 47.4. The van der Waals surface area contributed by atoms with Gasteiger partial charge in [-0.05, 0) is 51.0 Å².